The van der Waals surface area contributed by atoms with Crippen molar-refractivity contribution < 1.29 is 24.2 Å². The van der Waals surface area contributed by atoms with Crippen LogP contribution in [0.15, 0.2) is 23.4 Å². The lowest BCUT2D eigenvalue weighted by atomic mass is 9.72. The quantitative estimate of drug-likeness (QED) is 0.445. The van der Waals surface area contributed by atoms with Crippen LogP contribution in [0.3, 0.4) is 0 Å². The summed E-state index contributed by atoms with van der Waals surface area (Å²) in [6.45, 7) is 7.98. The first kappa shape index (κ1) is 21.6. The zero-order chi connectivity index (χ0) is 22.1. The van der Waals surface area contributed by atoms with Crippen molar-refractivity contribution in [2.45, 2.75) is 40.5 Å². The second kappa shape index (κ2) is 8.34. The molecule has 0 amide bonds. The smallest absolute Gasteiger partial charge is 0.340 e. The minimum absolute atomic E-state index is 0.130. The summed E-state index contributed by atoms with van der Waals surface area (Å²) in [7, 11) is 3.15. The molecule has 1 aromatic carbocycles. The van der Waals surface area contributed by atoms with E-state index in [1.165, 1.54) is 0 Å². The standard InChI is InChI=1S/C23H28N2O5/c1-7-30-22(26)19-13(2)24-16-11-23(3,4)12-17(25-27)21(16)20(19)15-10-14(28-5)8-9-18(15)29-6/h8-10,27H,7,11-12H2,1-6H3. The molecule has 0 unspecified atom stereocenters. The number of oxime groups is 1. The highest BCUT2D eigenvalue weighted by molar-refractivity contribution is 6.13. The third-order valence-electron chi connectivity index (χ3n) is 5.31. The summed E-state index contributed by atoms with van der Waals surface area (Å²) in [5.41, 5.74) is 3.93. The summed E-state index contributed by atoms with van der Waals surface area (Å²) in [5.74, 6) is 0.700. The second-order valence-electron chi connectivity index (χ2n) is 8.12. The number of hydrogen-bond acceptors (Lipinski definition) is 7. The third-order valence-corrected chi connectivity index (χ3v) is 5.31. The summed E-state index contributed by atoms with van der Waals surface area (Å²) in [5, 5.41) is 13.5. The number of nitrogens with zero attached hydrogens (tertiary/aromatic N) is 2. The van der Waals surface area contributed by atoms with E-state index >= 15 is 0 Å². The highest BCUT2D eigenvalue weighted by atomic mass is 16.5. The number of benzene rings is 1. The van der Waals surface area contributed by atoms with Crippen LogP contribution in [0.5, 0.6) is 11.5 Å². The molecule has 2 aromatic rings. The van der Waals surface area contributed by atoms with Crippen molar-refractivity contribution in [3.63, 3.8) is 0 Å². The van der Waals surface area contributed by atoms with Gasteiger partial charge in [0, 0.05) is 16.7 Å². The number of hydrogen-bond donors (Lipinski definition) is 1. The van der Waals surface area contributed by atoms with Crippen molar-refractivity contribution in [1.82, 2.24) is 4.98 Å². The molecule has 1 heterocycles. The maximum atomic E-state index is 13.0. The summed E-state index contributed by atoms with van der Waals surface area (Å²) >= 11 is 0. The molecule has 1 aliphatic carbocycles. The van der Waals surface area contributed by atoms with Gasteiger partial charge < -0.3 is 19.4 Å². The first-order valence-electron chi connectivity index (χ1n) is 9.90. The largest absolute Gasteiger partial charge is 0.497 e. The van der Waals surface area contributed by atoms with Crippen LogP contribution < -0.4 is 9.47 Å². The Kier molecular flexibility index (Phi) is 6.01. The molecule has 7 heteroatoms. The highest BCUT2D eigenvalue weighted by Crippen LogP contribution is 2.44. The highest BCUT2D eigenvalue weighted by Gasteiger charge is 2.36. The van der Waals surface area contributed by atoms with Gasteiger partial charge in [-0.2, -0.15) is 0 Å². The Morgan fingerprint density at radius 2 is 1.93 bits per heavy atom. The molecule has 160 valence electrons. The molecular weight excluding hydrogens is 384 g/mol. The number of pyridine rings is 1. The van der Waals surface area contributed by atoms with E-state index in [0.29, 0.717) is 58.0 Å². The van der Waals surface area contributed by atoms with Gasteiger partial charge in [-0.25, -0.2) is 4.79 Å². The molecule has 0 bridgehead atoms. The lowest BCUT2D eigenvalue weighted by Gasteiger charge is -2.33. The van der Waals surface area contributed by atoms with E-state index in [-0.39, 0.29) is 12.0 Å². The van der Waals surface area contributed by atoms with Crippen molar-refractivity contribution in [1.29, 1.82) is 0 Å². The van der Waals surface area contributed by atoms with Crippen molar-refractivity contribution in [3.05, 3.63) is 40.7 Å². The molecule has 7 nitrogen and oxygen atoms in total. The predicted octanol–water partition coefficient (Wildman–Crippen LogP) is 4.40. The van der Waals surface area contributed by atoms with Crippen molar-refractivity contribution >= 4 is 11.7 Å². The number of carbonyl (C=O) groups excluding carboxylic acids is 1. The number of fused-ring (bicyclic) bond motifs is 1. The van der Waals surface area contributed by atoms with Gasteiger partial charge >= 0.3 is 5.97 Å². The maximum absolute atomic E-state index is 13.0. The van der Waals surface area contributed by atoms with Crippen LogP contribution >= 0.6 is 0 Å². The van der Waals surface area contributed by atoms with Crippen LogP contribution in [0.4, 0.5) is 0 Å². The number of esters is 1. The summed E-state index contributed by atoms with van der Waals surface area (Å²) in [4.78, 5) is 17.7. The minimum Gasteiger partial charge on any atom is -0.497 e. The van der Waals surface area contributed by atoms with E-state index in [9.17, 15) is 10.0 Å². The van der Waals surface area contributed by atoms with E-state index in [1.807, 2.05) is 6.07 Å². The minimum atomic E-state index is -0.479. The summed E-state index contributed by atoms with van der Waals surface area (Å²) in [6.07, 6.45) is 1.23. The van der Waals surface area contributed by atoms with Crippen LogP contribution in [-0.2, 0) is 11.2 Å². The van der Waals surface area contributed by atoms with Gasteiger partial charge in [0.15, 0.2) is 0 Å². The number of aromatic nitrogens is 1. The summed E-state index contributed by atoms with van der Waals surface area (Å²) < 4.78 is 16.4. The Balaban J connectivity index is 2.46. The zero-order valence-corrected chi connectivity index (χ0v) is 18.3. The lowest BCUT2D eigenvalue weighted by Crippen LogP contribution is -2.30. The Hall–Kier alpha value is -3.09. The Bertz CT molecular complexity index is 1010. The van der Waals surface area contributed by atoms with E-state index < -0.39 is 5.97 Å². The van der Waals surface area contributed by atoms with Crippen LogP contribution in [0, 0.1) is 12.3 Å². The monoisotopic (exact) mass is 412 g/mol. The molecule has 0 spiro atoms. The molecule has 0 saturated carbocycles. The van der Waals surface area contributed by atoms with Gasteiger partial charge in [-0.05, 0) is 50.3 Å². The van der Waals surface area contributed by atoms with Crippen molar-refractivity contribution in [2.75, 3.05) is 20.8 Å². The number of rotatable bonds is 5. The molecule has 0 fully saturated rings. The number of ether oxygens (including phenoxy) is 3. The molecular formula is C23H28N2O5. The van der Waals surface area contributed by atoms with E-state index in [0.717, 1.165) is 5.69 Å². The Labute approximate surface area is 176 Å². The average molecular weight is 412 g/mol. The normalized spacial score (nSPS) is 16.1. The molecule has 0 saturated heterocycles. The maximum Gasteiger partial charge on any atom is 0.340 e. The zero-order valence-electron chi connectivity index (χ0n) is 18.3. The topological polar surface area (TPSA) is 90.2 Å². The van der Waals surface area contributed by atoms with E-state index in [1.54, 1.807) is 40.2 Å². The molecule has 1 aromatic heterocycles. The van der Waals surface area contributed by atoms with Gasteiger partial charge in [0.1, 0.15) is 11.5 Å². The molecule has 3 rings (SSSR count). The molecule has 0 atom stereocenters. The predicted molar refractivity (Wildman–Crippen MR) is 114 cm³/mol. The van der Waals surface area contributed by atoms with Gasteiger partial charge in [0.25, 0.3) is 0 Å². The average Bonchev–Trinajstić information content (AvgIpc) is 2.70. The Morgan fingerprint density at radius 1 is 1.20 bits per heavy atom. The SMILES string of the molecule is CCOC(=O)c1c(C)nc2c(c1-c1cc(OC)ccc1OC)C(=NO)CC(C)(C)C2. The van der Waals surface area contributed by atoms with Crippen LogP contribution in [0.2, 0.25) is 0 Å². The molecule has 30 heavy (non-hydrogen) atoms. The van der Waals surface area contributed by atoms with E-state index in [4.69, 9.17) is 19.2 Å². The van der Waals surface area contributed by atoms with Gasteiger partial charge in [0.05, 0.1) is 43.5 Å². The van der Waals surface area contributed by atoms with Crippen molar-refractivity contribution in [3.8, 4) is 22.6 Å². The van der Waals surface area contributed by atoms with Gasteiger partial charge in [-0.15, -0.1) is 0 Å². The molecule has 0 aliphatic heterocycles. The number of carbonyl (C=O) groups is 1. The second-order valence-corrected chi connectivity index (χ2v) is 8.12. The first-order valence-corrected chi connectivity index (χ1v) is 9.90. The number of methoxy groups -OCH3 is 2. The molecule has 1 aliphatic rings. The van der Waals surface area contributed by atoms with Crippen LogP contribution in [0.1, 0.15) is 54.5 Å². The first-order chi connectivity index (χ1) is 14.3. The van der Waals surface area contributed by atoms with Crippen LogP contribution in [-0.4, -0.2) is 42.7 Å². The fraction of sp³-hybridized carbons (Fsp3) is 0.435. The fourth-order valence-electron chi connectivity index (χ4n) is 4.08. The van der Waals surface area contributed by atoms with Gasteiger partial charge in [-0.3, -0.25) is 4.98 Å². The number of aryl methyl sites for hydroxylation is 1. The third kappa shape index (κ3) is 3.84. The molecule has 1 N–H and O–H groups in total. The Morgan fingerprint density at radius 3 is 2.53 bits per heavy atom. The van der Waals surface area contributed by atoms with Crippen molar-refractivity contribution in [2.24, 2.45) is 10.6 Å². The summed E-state index contributed by atoms with van der Waals surface area (Å²) in [6, 6.07) is 5.39. The van der Waals surface area contributed by atoms with Gasteiger partial charge in [0.2, 0.25) is 0 Å². The van der Waals surface area contributed by atoms with Crippen LogP contribution in [0.25, 0.3) is 11.1 Å². The lowest BCUT2D eigenvalue weighted by molar-refractivity contribution is 0.0526. The van der Waals surface area contributed by atoms with Gasteiger partial charge in [-0.1, -0.05) is 19.0 Å². The molecule has 0 radical (unpaired) electrons. The fourth-order valence-corrected chi connectivity index (χ4v) is 4.08. The van der Waals surface area contributed by atoms with E-state index in [2.05, 4.69) is 19.0 Å².